The van der Waals surface area contributed by atoms with Crippen LogP contribution in [0.5, 0.6) is 0 Å². The number of rotatable bonds is 2. The lowest BCUT2D eigenvalue weighted by Gasteiger charge is -1.96. The fourth-order valence-electron chi connectivity index (χ4n) is 1.87. The molecular weight excluding hydrogens is 238 g/mol. The molecule has 0 fully saturated rings. The first-order valence-corrected chi connectivity index (χ1v) is 5.99. The maximum atomic E-state index is 5.65. The molecule has 0 aliphatic rings. The second-order valence-corrected chi connectivity index (χ2v) is 4.41. The van der Waals surface area contributed by atoms with E-state index in [0.29, 0.717) is 17.4 Å². The van der Waals surface area contributed by atoms with Crippen molar-refractivity contribution in [2.24, 2.45) is 0 Å². The Bertz CT molecular complexity index is 701. The zero-order valence-corrected chi connectivity index (χ0v) is 10.5. The monoisotopic (exact) mass is 251 g/mol. The van der Waals surface area contributed by atoms with Gasteiger partial charge in [0.1, 0.15) is 0 Å². The Balaban J connectivity index is 1.97. The number of nitrogens with zero attached hydrogens (tertiary/aromatic N) is 2. The van der Waals surface area contributed by atoms with Gasteiger partial charge in [0, 0.05) is 16.8 Å². The van der Waals surface area contributed by atoms with E-state index < -0.39 is 0 Å². The van der Waals surface area contributed by atoms with Crippen LogP contribution < -0.4 is 5.73 Å². The van der Waals surface area contributed by atoms with Crippen molar-refractivity contribution in [1.82, 2.24) is 10.1 Å². The van der Waals surface area contributed by atoms with Crippen LogP contribution in [-0.4, -0.2) is 10.1 Å². The van der Waals surface area contributed by atoms with Gasteiger partial charge in [-0.1, -0.05) is 22.9 Å². The van der Waals surface area contributed by atoms with Gasteiger partial charge in [-0.25, -0.2) is 0 Å². The summed E-state index contributed by atoms with van der Waals surface area (Å²) in [4.78, 5) is 4.40. The summed E-state index contributed by atoms with van der Waals surface area (Å²) in [5, 5.41) is 4.00. The molecule has 1 aromatic heterocycles. The van der Waals surface area contributed by atoms with Crippen molar-refractivity contribution in [3.8, 4) is 22.8 Å². The summed E-state index contributed by atoms with van der Waals surface area (Å²) in [6.45, 7) is 2.03. The van der Waals surface area contributed by atoms with Gasteiger partial charge in [0.05, 0.1) is 0 Å². The van der Waals surface area contributed by atoms with Gasteiger partial charge < -0.3 is 10.3 Å². The lowest BCUT2D eigenvalue weighted by Crippen LogP contribution is -1.85. The Morgan fingerprint density at radius 3 is 2.53 bits per heavy atom. The molecule has 4 nitrogen and oxygen atoms in total. The number of nitrogens with two attached hydrogens (primary N) is 1. The number of aromatic nitrogens is 2. The number of hydrogen-bond acceptors (Lipinski definition) is 4. The SMILES string of the molecule is Cc1cccc(-c2nc(-c3ccc(N)cc3)no2)c1. The third kappa shape index (κ3) is 2.33. The molecule has 0 radical (unpaired) electrons. The smallest absolute Gasteiger partial charge is 0.258 e. The van der Waals surface area contributed by atoms with Gasteiger partial charge in [-0.2, -0.15) is 4.98 Å². The molecule has 2 N–H and O–H groups in total. The van der Waals surface area contributed by atoms with E-state index in [2.05, 4.69) is 10.1 Å². The predicted molar refractivity (Wildman–Crippen MR) is 74.3 cm³/mol. The fraction of sp³-hybridized carbons (Fsp3) is 0.0667. The van der Waals surface area contributed by atoms with E-state index in [1.54, 1.807) is 0 Å². The average molecular weight is 251 g/mol. The number of benzene rings is 2. The van der Waals surface area contributed by atoms with E-state index >= 15 is 0 Å². The van der Waals surface area contributed by atoms with E-state index in [0.717, 1.165) is 16.7 Å². The van der Waals surface area contributed by atoms with Crippen molar-refractivity contribution < 1.29 is 4.52 Å². The summed E-state index contributed by atoms with van der Waals surface area (Å²) in [6.07, 6.45) is 0. The van der Waals surface area contributed by atoms with Gasteiger partial charge in [-0.3, -0.25) is 0 Å². The minimum Gasteiger partial charge on any atom is -0.399 e. The maximum absolute atomic E-state index is 5.65. The molecule has 0 spiro atoms. The molecule has 0 saturated carbocycles. The van der Waals surface area contributed by atoms with E-state index in [1.165, 1.54) is 0 Å². The molecule has 0 aliphatic heterocycles. The Morgan fingerprint density at radius 2 is 1.79 bits per heavy atom. The largest absolute Gasteiger partial charge is 0.399 e. The highest BCUT2D eigenvalue weighted by Crippen LogP contribution is 2.23. The molecular formula is C15H13N3O. The predicted octanol–water partition coefficient (Wildman–Crippen LogP) is 3.29. The minimum absolute atomic E-state index is 0.524. The van der Waals surface area contributed by atoms with Crippen molar-refractivity contribution in [1.29, 1.82) is 0 Å². The summed E-state index contributed by atoms with van der Waals surface area (Å²) in [7, 11) is 0. The van der Waals surface area contributed by atoms with Gasteiger partial charge in [0.15, 0.2) is 0 Å². The zero-order chi connectivity index (χ0) is 13.2. The molecule has 94 valence electrons. The van der Waals surface area contributed by atoms with Crippen LogP contribution >= 0.6 is 0 Å². The van der Waals surface area contributed by atoms with Crippen LogP contribution in [0, 0.1) is 6.92 Å². The summed E-state index contributed by atoms with van der Waals surface area (Å²) in [5.74, 6) is 1.09. The molecule has 3 rings (SSSR count). The lowest BCUT2D eigenvalue weighted by atomic mass is 10.1. The van der Waals surface area contributed by atoms with Gasteiger partial charge in [0.25, 0.3) is 5.89 Å². The van der Waals surface area contributed by atoms with E-state index in [9.17, 15) is 0 Å². The number of aryl methyl sites for hydroxylation is 1. The number of hydrogen-bond donors (Lipinski definition) is 1. The highest BCUT2D eigenvalue weighted by molar-refractivity contribution is 5.61. The Kier molecular flexibility index (Phi) is 2.76. The van der Waals surface area contributed by atoms with Crippen LogP contribution in [0.1, 0.15) is 5.56 Å². The standard InChI is InChI=1S/C15H13N3O/c1-10-3-2-4-12(9-10)15-17-14(18-19-15)11-5-7-13(16)8-6-11/h2-9H,16H2,1H3. The summed E-state index contributed by atoms with van der Waals surface area (Å²) in [6, 6.07) is 15.3. The number of nitrogen functional groups attached to an aromatic ring is 1. The molecule has 2 aromatic carbocycles. The molecule has 0 aliphatic carbocycles. The molecule has 0 amide bonds. The van der Waals surface area contributed by atoms with E-state index in [1.807, 2.05) is 55.5 Å². The molecule has 0 bridgehead atoms. The minimum atomic E-state index is 0.524. The van der Waals surface area contributed by atoms with Crippen LogP contribution in [0.2, 0.25) is 0 Å². The summed E-state index contributed by atoms with van der Waals surface area (Å²) in [5.41, 5.74) is 9.34. The Hall–Kier alpha value is -2.62. The molecule has 0 atom stereocenters. The normalized spacial score (nSPS) is 10.6. The first-order chi connectivity index (χ1) is 9.22. The Morgan fingerprint density at radius 1 is 1.00 bits per heavy atom. The second kappa shape index (κ2) is 4.57. The highest BCUT2D eigenvalue weighted by Gasteiger charge is 2.10. The van der Waals surface area contributed by atoms with E-state index in [-0.39, 0.29) is 0 Å². The Labute approximate surface area is 110 Å². The second-order valence-electron chi connectivity index (χ2n) is 4.41. The molecule has 0 unspecified atom stereocenters. The van der Waals surface area contributed by atoms with Gasteiger partial charge in [0.2, 0.25) is 5.82 Å². The fourth-order valence-corrected chi connectivity index (χ4v) is 1.87. The molecule has 3 aromatic rings. The molecule has 4 heteroatoms. The third-order valence-electron chi connectivity index (χ3n) is 2.86. The van der Waals surface area contributed by atoms with Crippen LogP contribution in [0.15, 0.2) is 53.1 Å². The molecule has 1 heterocycles. The van der Waals surface area contributed by atoms with E-state index in [4.69, 9.17) is 10.3 Å². The topological polar surface area (TPSA) is 64.9 Å². The van der Waals surface area contributed by atoms with Crippen molar-refractivity contribution in [3.05, 3.63) is 54.1 Å². The van der Waals surface area contributed by atoms with Crippen LogP contribution in [0.25, 0.3) is 22.8 Å². The molecule has 19 heavy (non-hydrogen) atoms. The van der Waals surface area contributed by atoms with Crippen molar-refractivity contribution in [2.45, 2.75) is 6.92 Å². The molecule has 0 saturated heterocycles. The van der Waals surface area contributed by atoms with Gasteiger partial charge in [-0.05, 0) is 43.3 Å². The van der Waals surface area contributed by atoms with Gasteiger partial charge >= 0.3 is 0 Å². The first kappa shape index (κ1) is 11.5. The van der Waals surface area contributed by atoms with Crippen LogP contribution in [-0.2, 0) is 0 Å². The van der Waals surface area contributed by atoms with Crippen molar-refractivity contribution >= 4 is 5.69 Å². The van der Waals surface area contributed by atoms with Crippen LogP contribution in [0.4, 0.5) is 5.69 Å². The van der Waals surface area contributed by atoms with Crippen LogP contribution in [0.3, 0.4) is 0 Å². The summed E-state index contributed by atoms with van der Waals surface area (Å²) >= 11 is 0. The number of anilines is 1. The van der Waals surface area contributed by atoms with Gasteiger partial charge in [-0.15, -0.1) is 0 Å². The summed E-state index contributed by atoms with van der Waals surface area (Å²) < 4.78 is 5.30. The third-order valence-corrected chi connectivity index (χ3v) is 2.86. The quantitative estimate of drug-likeness (QED) is 0.710. The lowest BCUT2D eigenvalue weighted by molar-refractivity contribution is 0.432. The van der Waals surface area contributed by atoms with Crippen molar-refractivity contribution in [3.63, 3.8) is 0 Å². The maximum Gasteiger partial charge on any atom is 0.258 e. The van der Waals surface area contributed by atoms with Crippen molar-refractivity contribution in [2.75, 3.05) is 5.73 Å². The first-order valence-electron chi connectivity index (χ1n) is 5.99. The highest BCUT2D eigenvalue weighted by atomic mass is 16.5. The zero-order valence-electron chi connectivity index (χ0n) is 10.5. The average Bonchev–Trinajstić information content (AvgIpc) is 2.89.